The van der Waals surface area contributed by atoms with Crippen molar-refractivity contribution in [2.24, 2.45) is 5.92 Å². The Bertz CT molecular complexity index is 1120. The van der Waals surface area contributed by atoms with E-state index in [1.807, 2.05) is 19.1 Å². The van der Waals surface area contributed by atoms with Crippen molar-refractivity contribution in [1.29, 1.82) is 0 Å². The topological polar surface area (TPSA) is 77.8 Å². The van der Waals surface area contributed by atoms with E-state index in [0.29, 0.717) is 28.3 Å². The highest BCUT2D eigenvalue weighted by Gasteiger charge is 2.24. The van der Waals surface area contributed by atoms with Crippen LogP contribution >= 0.6 is 0 Å². The summed E-state index contributed by atoms with van der Waals surface area (Å²) in [5, 5.41) is 3.84. The molecule has 0 aliphatic heterocycles. The van der Waals surface area contributed by atoms with Gasteiger partial charge in [0, 0.05) is 28.6 Å². The zero-order valence-electron chi connectivity index (χ0n) is 18.1. The molecule has 2 aromatic carbocycles. The number of ketones is 1. The molecule has 162 valence electrons. The van der Waals surface area contributed by atoms with Gasteiger partial charge in [-0.25, -0.2) is 0 Å². The van der Waals surface area contributed by atoms with E-state index in [1.165, 1.54) is 13.5 Å². The van der Waals surface area contributed by atoms with Crippen molar-refractivity contribution >= 4 is 28.3 Å². The molecular weight excluding hydrogens is 394 g/mol. The van der Waals surface area contributed by atoms with Gasteiger partial charge in [0.2, 0.25) is 11.7 Å². The first kappa shape index (κ1) is 21.0. The van der Waals surface area contributed by atoms with Crippen LogP contribution in [0.15, 0.2) is 40.8 Å². The van der Waals surface area contributed by atoms with Gasteiger partial charge in [-0.2, -0.15) is 0 Å². The summed E-state index contributed by atoms with van der Waals surface area (Å²) in [6, 6.07) is 10.6. The maximum atomic E-state index is 13.3. The lowest BCUT2D eigenvalue weighted by atomic mass is 9.88. The van der Waals surface area contributed by atoms with Gasteiger partial charge in [-0.1, -0.05) is 19.3 Å². The number of aryl methyl sites for hydroxylation is 1. The highest BCUT2D eigenvalue weighted by Crippen LogP contribution is 2.33. The van der Waals surface area contributed by atoms with Crippen LogP contribution < -0.4 is 14.8 Å². The molecule has 0 atom stereocenters. The Hall–Kier alpha value is -3.28. The van der Waals surface area contributed by atoms with Crippen molar-refractivity contribution in [1.82, 2.24) is 0 Å². The molecule has 0 unspecified atom stereocenters. The molecule has 0 spiro atoms. The third kappa shape index (κ3) is 4.15. The van der Waals surface area contributed by atoms with Crippen molar-refractivity contribution in [3.63, 3.8) is 0 Å². The van der Waals surface area contributed by atoms with Crippen LogP contribution in [0.3, 0.4) is 0 Å². The van der Waals surface area contributed by atoms with Gasteiger partial charge >= 0.3 is 0 Å². The molecule has 1 aromatic heterocycles. The zero-order chi connectivity index (χ0) is 22.0. The Morgan fingerprint density at radius 2 is 1.77 bits per heavy atom. The third-order valence-electron chi connectivity index (χ3n) is 6.04. The molecule has 31 heavy (non-hydrogen) atoms. The maximum absolute atomic E-state index is 13.3. The molecule has 6 heteroatoms. The molecule has 1 aliphatic carbocycles. The van der Waals surface area contributed by atoms with Crippen LogP contribution in [-0.4, -0.2) is 25.9 Å². The lowest BCUT2D eigenvalue weighted by molar-refractivity contribution is -0.120. The number of carbonyl (C=O) groups is 2. The molecule has 1 amide bonds. The molecule has 4 rings (SSSR count). The molecule has 0 bridgehead atoms. The maximum Gasteiger partial charge on any atom is 0.232 e. The minimum atomic E-state index is -0.280. The Morgan fingerprint density at radius 1 is 1.00 bits per heavy atom. The van der Waals surface area contributed by atoms with Gasteiger partial charge in [0.15, 0.2) is 5.76 Å². The van der Waals surface area contributed by atoms with Gasteiger partial charge < -0.3 is 19.2 Å². The summed E-state index contributed by atoms with van der Waals surface area (Å²) < 4.78 is 16.6. The van der Waals surface area contributed by atoms with E-state index in [2.05, 4.69) is 5.32 Å². The number of hydrogen-bond donors (Lipinski definition) is 1. The Morgan fingerprint density at radius 3 is 2.48 bits per heavy atom. The highest BCUT2D eigenvalue weighted by atomic mass is 16.5. The fourth-order valence-electron chi connectivity index (χ4n) is 4.24. The van der Waals surface area contributed by atoms with Gasteiger partial charge in [0.05, 0.1) is 19.8 Å². The average Bonchev–Trinajstić information content (AvgIpc) is 3.14. The SMILES string of the molecule is COc1ccc(OC)c(C(=O)c2oc3cc(NC(=O)C4CCCCC4)ccc3c2C)c1. The third-order valence-corrected chi connectivity index (χ3v) is 6.04. The van der Waals surface area contributed by atoms with E-state index in [9.17, 15) is 9.59 Å². The second-order valence-electron chi connectivity index (χ2n) is 7.99. The molecule has 0 radical (unpaired) electrons. The van der Waals surface area contributed by atoms with Crippen molar-refractivity contribution in [2.75, 3.05) is 19.5 Å². The molecule has 1 heterocycles. The Kier molecular flexibility index (Phi) is 5.98. The van der Waals surface area contributed by atoms with Gasteiger partial charge in [-0.3, -0.25) is 9.59 Å². The van der Waals surface area contributed by atoms with E-state index in [-0.39, 0.29) is 23.4 Å². The molecule has 1 aliphatic rings. The minimum absolute atomic E-state index is 0.0553. The zero-order valence-corrected chi connectivity index (χ0v) is 18.1. The van der Waals surface area contributed by atoms with Crippen LogP contribution in [0.1, 0.15) is 53.8 Å². The molecule has 6 nitrogen and oxygen atoms in total. The van der Waals surface area contributed by atoms with E-state index in [1.54, 1.807) is 31.4 Å². The fraction of sp³-hybridized carbons (Fsp3) is 0.360. The molecular formula is C25H27NO5. The summed E-state index contributed by atoms with van der Waals surface area (Å²) in [5.74, 6) is 1.10. The number of ether oxygens (including phenoxy) is 2. The fourth-order valence-corrected chi connectivity index (χ4v) is 4.24. The van der Waals surface area contributed by atoms with E-state index in [4.69, 9.17) is 13.9 Å². The van der Waals surface area contributed by atoms with Crippen LogP contribution in [0.5, 0.6) is 11.5 Å². The first-order chi connectivity index (χ1) is 15.0. The van der Waals surface area contributed by atoms with Gasteiger partial charge in [-0.15, -0.1) is 0 Å². The number of carbonyl (C=O) groups excluding carboxylic acids is 2. The Labute approximate surface area is 181 Å². The smallest absolute Gasteiger partial charge is 0.232 e. The van der Waals surface area contributed by atoms with Crippen LogP contribution in [0.2, 0.25) is 0 Å². The van der Waals surface area contributed by atoms with Gasteiger partial charge in [-0.05, 0) is 50.1 Å². The second kappa shape index (κ2) is 8.84. The molecule has 1 saturated carbocycles. The number of rotatable bonds is 6. The van der Waals surface area contributed by atoms with Crippen LogP contribution in [-0.2, 0) is 4.79 Å². The first-order valence-corrected chi connectivity index (χ1v) is 10.6. The largest absolute Gasteiger partial charge is 0.497 e. The summed E-state index contributed by atoms with van der Waals surface area (Å²) in [7, 11) is 3.07. The number of amides is 1. The number of fused-ring (bicyclic) bond motifs is 1. The van der Waals surface area contributed by atoms with Crippen LogP contribution in [0, 0.1) is 12.8 Å². The lowest BCUT2D eigenvalue weighted by Crippen LogP contribution is -2.24. The van der Waals surface area contributed by atoms with Crippen LogP contribution in [0.4, 0.5) is 5.69 Å². The van der Waals surface area contributed by atoms with E-state index in [0.717, 1.165) is 36.6 Å². The summed E-state index contributed by atoms with van der Waals surface area (Å²) in [4.78, 5) is 25.8. The van der Waals surface area contributed by atoms with Crippen molar-refractivity contribution in [3.05, 3.63) is 53.3 Å². The molecule has 1 fully saturated rings. The molecule has 0 saturated heterocycles. The van der Waals surface area contributed by atoms with Crippen molar-refractivity contribution in [2.45, 2.75) is 39.0 Å². The number of nitrogens with one attached hydrogen (secondary N) is 1. The number of methoxy groups -OCH3 is 2. The standard InChI is InChI=1S/C25H27NO5/c1-15-19-11-9-17(26-25(28)16-7-5-4-6-8-16)13-22(19)31-24(15)23(27)20-14-18(29-2)10-12-21(20)30-3/h9-14,16H,4-8H2,1-3H3,(H,26,28). The van der Waals surface area contributed by atoms with Gasteiger partial charge in [0.1, 0.15) is 17.1 Å². The predicted octanol–water partition coefficient (Wildman–Crippen LogP) is 5.51. The Balaban J connectivity index is 1.63. The van der Waals surface area contributed by atoms with Crippen LogP contribution in [0.25, 0.3) is 11.0 Å². The average molecular weight is 421 g/mol. The number of anilines is 1. The number of furan rings is 1. The summed E-state index contributed by atoms with van der Waals surface area (Å²) >= 11 is 0. The predicted molar refractivity (Wildman–Crippen MR) is 119 cm³/mol. The van der Waals surface area contributed by atoms with E-state index < -0.39 is 0 Å². The van der Waals surface area contributed by atoms with E-state index >= 15 is 0 Å². The van der Waals surface area contributed by atoms with Crippen molar-refractivity contribution in [3.8, 4) is 11.5 Å². The van der Waals surface area contributed by atoms with Gasteiger partial charge in [0.25, 0.3) is 0 Å². The quantitative estimate of drug-likeness (QED) is 0.531. The second-order valence-corrected chi connectivity index (χ2v) is 7.99. The summed E-state index contributed by atoms with van der Waals surface area (Å²) in [6.45, 7) is 1.85. The summed E-state index contributed by atoms with van der Waals surface area (Å²) in [6.07, 6.45) is 5.29. The minimum Gasteiger partial charge on any atom is -0.497 e. The normalized spacial score (nSPS) is 14.4. The number of hydrogen-bond acceptors (Lipinski definition) is 5. The molecule has 1 N–H and O–H groups in total. The monoisotopic (exact) mass is 421 g/mol. The van der Waals surface area contributed by atoms with Crippen molar-refractivity contribution < 1.29 is 23.5 Å². The summed E-state index contributed by atoms with van der Waals surface area (Å²) in [5.41, 5.74) is 2.35. The number of benzene rings is 2. The first-order valence-electron chi connectivity index (χ1n) is 10.6. The molecule has 3 aromatic rings. The highest BCUT2D eigenvalue weighted by molar-refractivity contribution is 6.12. The lowest BCUT2D eigenvalue weighted by Gasteiger charge is -2.20.